The first kappa shape index (κ1) is 29.1. The largest absolute Gasteiger partial charge is 0.489 e. The molecule has 1 N–H and O–H groups in total. The maximum atomic E-state index is 11.7. The highest BCUT2D eigenvalue weighted by Gasteiger charge is 2.21. The van der Waals surface area contributed by atoms with E-state index in [-0.39, 0.29) is 6.04 Å². The Labute approximate surface area is 249 Å². The van der Waals surface area contributed by atoms with Gasteiger partial charge in [-0.15, -0.1) is 0 Å². The second-order valence-electron chi connectivity index (χ2n) is 10.8. The normalized spacial score (nSPS) is 12.5. The summed E-state index contributed by atoms with van der Waals surface area (Å²) in [6.45, 7) is 4.33. The smallest absolute Gasteiger partial charge is 0.123 e. The molecule has 0 amide bonds. The van der Waals surface area contributed by atoms with E-state index >= 15 is 0 Å². The molecule has 214 valence electrons. The number of aliphatic hydroxyl groups excluding tert-OH is 1. The summed E-state index contributed by atoms with van der Waals surface area (Å²) in [6, 6.07) is 47.2. The van der Waals surface area contributed by atoms with E-state index in [9.17, 15) is 5.11 Å². The Morgan fingerprint density at radius 3 is 1.48 bits per heavy atom. The lowest BCUT2D eigenvalue weighted by Gasteiger charge is -2.31. The van der Waals surface area contributed by atoms with Gasteiger partial charge < -0.3 is 14.6 Å². The van der Waals surface area contributed by atoms with Crippen molar-refractivity contribution >= 4 is 0 Å². The monoisotopic (exact) mass is 557 g/mol. The van der Waals surface area contributed by atoms with Crippen LogP contribution in [0.2, 0.25) is 0 Å². The van der Waals surface area contributed by atoms with Crippen LogP contribution in [0, 0.1) is 0 Å². The Morgan fingerprint density at radius 1 is 0.571 bits per heavy atom. The highest BCUT2D eigenvalue weighted by atomic mass is 16.5. The van der Waals surface area contributed by atoms with E-state index in [1.54, 1.807) is 0 Å². The van der Waals surface area contributed by atoms with E-state index in [0.717, 1.165) is 29.7 Å². The quantitative estimate of drug-likeness (QED) is 0.150. The van der Waals surface area contributed by atoms with E-state index in [1.165, 1.54) is 11.1 Å². The van der Waals surface area contributed by atoms with E-state index in [1.807, 2.05) is 91.0 Å². The summed E-state index contributed by atoms with van der Waals surface area (Å²) < 4.78 is 12.4. The van der Waals surface area contributed by atoms with Gasteiger partial charge in [-0.3, -0.25) is 4.90 Å². The molecule has 0 aliphatic heterocycles. The number of benzene rings is 5. The van der Waals surface area contributed by atoms with Gasteiger partial charge >= 0.3 is 0 Å². The molecule has 0 aliphatic carbocycles. The van der Waals surface area contributed by atoms with Crippen molar-refractivity contribution in [1.29, 1.82) is 0 Å². The zero-order valence-corrected chi connectivity index (χ0v) is 24.2. The minimum atomic E-state index is -0.730. The number of hydrogen-bond acceptors (Lipinski definition) is 4. The van der Waals surface area contributed by atoms with E-state index in [2.05, 4.69) is 60.4 Å². The fourth-order valence-corrected chi connectivity index (χ4v) is 5.06. The first-order valence-corrected chi connectivity index (χ1v) is 14.6. The molecule has 0 bridgehead atoms. The lowest BCUT2D eigenvalue weighted by Crippen LogP contribution is -2.37. The summed E-state index contributed by atoms with van der Waals surface area (Å²) >= 11 is 0. The molecule has 42 heavy (non-hydrogen) atoms. The van der Waals surface area contributed by atoms with E-state index in [0.29, 0.717) is 31.3 Å². The molecule has 0 radical (unpaired) electrons. The van der Waals surface area contributed by atoms with Gasteiger partial charge in [0, 0.05) is 25.2 Å². The van der Waals surface area contributed by atoms with E-state index < -0.39 is 6.10 Å². The van der Waals surface area contributed by atoms with E-state index in [4.69, 9.17) is 9.47 Å². The van der Waals surface area contributed by atoms with Gasteiger partial charge in [-0.2, -0.15) is 0 Å². The van der Waals surface area contributed by atoms with Crippen LogP contribution in [0.3, 0.4) is 0 Å². The second kappa shape index (κ2) is 15.0. The Hall–Kier alpha value is -4.38. The van der Waals surface area contributed by atoms with Crippen molar-refractivity contribution in [1.82, 2.24) is 4.90 Å². The van der Waals surface area contributed by atoms with Crippen LogP contribution >= 0.6 is 0 Å². The maximum absolute atomic E-state index is 11.7. The zero-order chi connectivity index (χ0) is 29.0. The first-order chi connectivity index (χ1) is 20.6. The molecule has 0 aromatic heterocycles. The first-order valence-electron chi connectivity index (χ1n) is 14.6. The minimum absolute atomic E-state index is 0.216. The van der Waals surface area contributed by atoms with Gasteiger partial charge in [0.15, 0.2) is 0 Å². The predicted molar refractivity (Wildman–Crippen MR) is 169 cm³/mol. The van der Waals surface area contributed by atoms with Crippen LogP contribution in [0.1, 0.15) is 40.8 Å². The summed E-state index contributed by atoms with van der Waals surface area (Å²) in [5, 5.41) is 11.7. The van der Waals surface area contributed by atoms with Crippen molar-refractivity contribution in [3.8, 4) is 11.5 Å². The third kappa shape index (κ3) is 8.81. The van der Waals surface area contributed by atoms with Crippen molar-refractivity contribution in [3.63, 3.8) is 0 Å². The Balaban J connectivity index is 1.36. The lowest BCUT2D eigenvalue weighted by atomic mass is 10.0. The molecule has 5 aromatic carbocycles. The Morgan fingerprint density at radius 2 is 1.00 bits per heavy atom. The summed E-state index contributed by atoms with van der Waals surface area (Å²) in [5.74, 6) is 1.34. The number of nitrogens with zero attached hydrogens (tertiary/aromatic N) is 1. The average Bonchev–Trinajstić information content (AvgIpc) is 3.04. The topological polar surface area (TPSA) is 41.9 Å². The van der Waals surface area contributed by atoms with Crippen molar-refractivity contribution < 1.29 is 14.6 Å². The molecule has 5 aromatic rings. The standard InChI is InChI=1S/C38H39NO3/c1-30(22-31-14-6-2-7-15-31)39(26-32-16-8-3-9-17-32)27-38(40)35-23-36(41-28-33-18-10-4-11-19-33)25-37(24-35)42-29-34-20-12-5-13-21-34/h2-21,23-25,30,38,40H,22,26-29H2,1H3/t30-,38-/m1/s1. The number of ether oxygens (including phenoxy) is 2. The van der Waals surface area contributed by atoms with Crippen LogP contribution in [0.4, 0.5) is 0 Å². The highest BCUT2D eigenvalue weighted by Crippen LogP contribution is 2.29. The van der Waals surface area contributed by atoms with Crippen molar-refractivity contribution in [3.05, 3.63) is 167 Å². The van der Waals surface area contributed by atoms with Crippen LogP contribution in [0.15, 0.2) is 140 Å². The van der Waals surface area contributed by atoms with Gasteiger partial charge in [-0.25, -0.2) is 0 Å². The molecular weight excluding hydrogens is 518 g/mol. The van der Waals surface area contributed by atoms with Crippen LogP contribution in [0.5, 0.6) is 11.5 Å². The molecule has 5 rings (SSSR count). The number of rotatable bonds is 14. The van der Waals surface area contributed by atoms with Gasteiger partial charge in [0.05, 0.1) is 6.10 Å². The molecule has 0 fully saturated rings. The molecule has 0 aliphatic rings. The third-order valence-electron chi connectivity index (χ3n) is 7.42. The molecule has 0 saturated heterocycles. The van der Waals surface area contributed by atoms with Crippen LogP contribution in [0.25, 0.3) is 0 Å². The van der Waals surface area contributed by atoms with Crippen LogP contribution in [-0.2, 0) is 26.2 Å². The van der Waals surface area contributed by atoms with Crippen molar-refractivity contribution in [2.24, 2.45) is 0 Å². The molecular formula is C38H39NO3. The van der Waals surface area contributed by atoms with Gasteiger partial charge in [0.2, 0.25) is 0 Å². The molecule has 0 spiro atoms. The van der Waals surface area contributed by atoms with Gasteiger partial charge in [-0.05, 0) is 53.3 Å². The van der Waals surface area contributed by atoms with Crippen molar-refractivity contribution in [2.45, 2.75) is 45.2 Å². The van der Waals surface area contributed by atoms with Gasteiger partial charge in [-0.1, -0.05) is 121 Å². The predicted octanol–water partition coefficient (Wildman–Crippen LogP) is 8.01. The molecule has 4 heteroatoms. The Kier molecular flexibility index (Phi) is 10.4. The second-order valence-corrected chi connectivity index (χ2v) is 10.8. The molecule has 4 nitrogen and oxygen atoms in total. The molecule has 0 heterocycles. The average molecular weight is 558 g/mol. The van der Waals surface area contributed by atoms with Crippen molar-refractivity contribution in [2.75, 3.05) is 6.54 Å². The van der Waals surface area contributed by atoms with Gasteiger partial charge in [0.25, 0.3) is 0 Å². The third-order valence-corrected chi connectivity index (χ3v) is 7.42. The zero-order valence-electron chi connectivity index (χ0n) is 24.2. The Bertz CT molecular complexity index is 1420. The maximum Gasteiger partial charge on any atom is 0.123 e. The fraction of sp³-hybridized carbons (Fsp3) is 0.211. The SMILES string of the molecule is C[C@H](Cc1ccccc1)N(Cc1ccccc1)C[C@@H](O)c1cc(OCc2ccccc2)cc(OCc2ccccc2)c1. The molecule has 0 unspecified atom stereocenters. The fourth-order valence-electron chi connectivity index (χ4n) is 5.06. The van der Waals surface area contributed by atoms with Gasteiger partial charge in [0.1, 0.15) is 24.7 Å². The molecule has 2 atom stereocenters. The van der Waals surface area contributed by atoms with Crippen LogP contribution < -0.4 is 9.47 Å². The lowest BCUT2D eigenvalue weighted by molar-refractivity contribution is 0.0854. The highest BCUT2D eigenvalue weighted by molar-refractivity contribution is 5.40. The number of hydrogen-bond donors (Lipinski definition) is 1. The summed E-state index contributed by atoms with van der Waals surface area (Å²) in [5.41, 5.74) is 5.44. The summed E-state index contributed by atoms with van der Waals surface area (Å²) in [6.07, 6.45) is 0.165. The summed E-state index contributed by atoms with van der Waals surface area (Å²) in [7, 11) is 0. The van der Waals surface area contributed by atoms with Crippen LogP contribution in [-0.4, -0.2) is 22.6 Å². The summed E-state index contributed by atoms with van der Waals surface area (Å²) in [4.78, 5) is 2.36. The molecule has 0 saturated carbocycles. The number of aliphatic hydroxyl groups is 1. The minimum Gasteiger partial charge on any atom is -0.489 e.